The zero-order valence-corrected chi connectivity index (χ0v) is 7.01. The van der Waals surface area contributed by atoms with E-state index in [1.54, 1.807) is 11.3 Å². The van der Waals surface area contributed by atoms with Gasteiger partial charge < -0.3 is 4.57 Å². The van der Waals surface area contributed by atoms with Crippen molar-refractivity contribution in [2.75, 3.05) is 0 Å². The van der Waals surface area contributed by atoms with Crippen molar-refractivity contribution < 1.29 is 0 Å². The summed E-state index contributed by atoms with van der Waals surface area (Å²) >= 11 is 1.71. The van der Waals surface area contributed by atoms with E-state index in [1.807, 2.05) is 30.1 Å². The molecule has 3 heteroatoms. The van der Waals surface area contributed by atoms with Crippen LogP contribution in [0.4, 0.5) is 0 Å². The van der Waals surface area contributed by atoms with E-state index >= 15 is 0 Å². The first kappa shape index (κ1) is 6.61. The highest BCUT2D eigenvalue weighted by atomic mass is 32.1. The molecule has 0 aliphatic carbocycles. The standard InChI is InChI=1S/C8H8N2S/c1-10-5-4-9-8(10)7-3-2-6-11-7/h2-6H,1H3. The average molecular weight is 164 g/mol. The Morgan fingerprint density at radius 3 is 3.00 bits per heavy atom. The van der Waals surface area contributed by atoms with Gasteiger partial charge in [-0.25, -0.2) is 4.98 Å². The van der Waals surface area contributed by atoms with Crippen molar-refractivity contribution in [2.45, 2.75) is 0 Å². The fourth-order valence-corrected chi connectivity index (χ4v) is 1.77. The van der Waals surface area contributed by atoms with Crippen LogP contribution in [0.1, 0.15) is 0 Å². The van der Waals surface area contributed by atoms with Crippen molar-refractivity contribution in [3.05, 3.63) is 29.9 Å². The number of nitrogens with zero attached hydrogens (tertiary/aromatic N) is 2. The van der Waals surface area contributed by atoms with E-state index in [2.05, 4.69) is 16.4 Å². The summed E-state index contributed by atoms with van der Waals surface area (Å²) in [6.07, 6.45) is 3.77. The largest absolute Gasteiger partial charge is 0.333 e. The Balaban J connectivity index is 2.53. The van der Waals surface area contributed by atoms with Crippen LogP contribution < -0.4 is 0 Å². The molecule has 2 heterocycles. The van der Waals surface area contributed by atoms with Crippen LogP contribution in [0.2, 0.25) is 0 Å². The number of imidazole rings is 1. The van der Waals surface area contributed by atoms with Crippen LogP contribution in [0.3, 0.4) is 0 Å². The van der Waals surface area contributed by atoms with E-state index in [9.17, 15) is 0 Å². The molecular weight excluding hydrogens is 156 g/mol. The lowest BCUT2D eigenvalue weighted by molar-refractivity contribution is 0.928. The second-order valence-corrected chi connectivity index (χ2v) is 3.29. The van der Waals surface area contributed by atoms with Crippen molar-refractivity contribution in [1.82, 2.24) is 9.55 Å². The number of hydrogen-bond donors (Lipinski definition) is 0. The molecule has 0 aliphatic rings. The van der Waals surface area contributed by atoms with Crippen molar-refractivity contribution in [3.63, 3.8) is 0 Å². The molecule has 0 aliphatic heterocycles. The van der Waals surface area contributed by atoms with Crippen LogP contribution in [0.25, 0.3) is 10.7 Å². The van der Waals surface area contributed by atoms with E-state index < -0.39 is 0 Å². The fraction of sp³-hybridized carbons (Fsp3) is 0.125. The predicted octanol–water partition coefficient (Wildman–Crippen LogP) is 2.15. The van der Waals surface area contributed by atoms with Gasteiger partial charge in [0.25, 0.3) is 0 Å². The molecule has 0 saturated carbocycles. The molecule has 0 fully saturated rings. The summed E-state index contributed by atoms with van der Waals surface area (Å²) in [5, 5.41) is 2.06. The minimum absolute atomic E-state index is 1.04. The molecule has 0 radical (unpaired) electrons. The van der Waals surface area contributed by atoms with Crippen molar-refractivity contribution >= 4 is 11.3 Å². The molecule has 0 spiro atoms. The maximum atomic E-state index is 4.23. The fourth-order valence-electron chi connectivity index (χ4n) is 1.01. The van der Waals surface area contributed by atoms with Gasteiger partial charge >= 0.3 is 0 Å². The van der Waals surface area contributed by atoms with E-state index in [4.69, 9.17) is 0 Å². The van der Waals surface area contributed by atoms with E-state index in [-0.39, 0.29) is 0 Å². The highest BCUT2D eigenvalue weighted by Crippen LogP contribution is 2.21. The zero-order valence-electron chi connectivity index (χ0n) is 6.19. The average Bonchev–Trinajstić information content (AvgIpc) is 2.55. The molecule has 56 valence electrons. The number of rotatable bonds is 1. The molecule has 0 bridgehead atoms. The van der Waals surface area contributed by atoms with Gasteiger partial charge in [-0.1, -0.05) is 6.07 Å². The molecule has 0 aromatic carbocycles. The normalized spacial score (nSPS) is 10.3. The molecule has 0 N–H and O–H groups in total. The molecule has 2 aromatic rings. The van der Waals surface area contributed by atoms with Gasteiger partial charge in [-0.15, -0.1) is 11.3 Å². The molecule has 0 unspecified atom stereocenters. The number of thiophene rings is 1. The molecule has 11 heavy (non-hydrogen) atoms. The quantitative estimate of drug-likeness (QED) is 0.631. The summed E-state index contributed by atoms with van der Waals surface area (Å²) in [6, 6.07) is 4.11. The molecule has 0 atom stereocenters. The highest BCUT2D eigenvalue weighted by molar-refractivity contribution is 7.13. The highest BCUT2D eigenvalue weighted by Gasteiger charge is 2.01. The minimum Gasteiger partial charge on any atom is -0.333 e. The van der Waals surface area contributed by atoms with Crippen molar-refractivity contribution in [1.29, 1.82) is 0 Å². The second kappa shape index (κ2) is 2.51. The van der Waals surface area contributed by atoms with Gasteiger partial charge in [0, 0.05) is 19.4 Å². The number of aromatic nitrogens is 2. The monoisotopic (exact) mass is 164 g/mol. The maximum Gasteiger partial charge on any atom is 0.149 e. The minimum atomic E-state index is 1.04. The first-order valence-corrected chi connectivity index (χ1v) is 4.27. The van der Waals surface area contributed by atoms with Crippen LogP contribution in [0, 0.1) is 0 Å². The molecule has 2 rings (SSSR count). The lowest BCUT2D eigenvalue weighted by Gasteiger charge is -1.95. The predicted molar refractivity (Wildman–Crippen MR) is 46.5 cm³/mol. The Hall–Kier alpha value is -1.09. The molecule has 0 amide bonds. The van der Waals surface area contributed by atoms with E-state index in [0.717, 1.165) is 5.82 Å². The Morgan fingerprint density at radius 2 is 2.45 bits per heavy atom. The van der Waals surface area contributed by atoms with Crippen molar-refractivity contribution in [2.24, 2.45) is 7.05 Å². The van der Waals surface area contributed by atoms with Gasteiger partial charge in [0.1, 0.15) is 5.82 Å². The zero-order chi connectivity index (χ0) is 7.68. The summed E-state index contributed by atoms with van der Waals surface area (Å²) in [6.45, 7) is 0. The van der Waals surface area contributed by atoms with Gasteiger partial charge in [-0.2, -0.15) is 0 Å². The molecule has 2 nitrogen and oxygen atoms in total. The number of hydrogen-bond acceptors (Lipinski definition) is 2. The van der Waals surface area contributed by atoms with E-state index in [1.165, 1.54) is 4.88 Å². The van der Waals surface area contributed by atoms with Gasteiger partial charge in [0.2, 0.25) is 0 Å². The summed E-state index contributed by atoms with van der Waals surface area (Å²) < 4.78 is 2.02. The number of aryl methyl sites for hydroxylation is 1. The third-order valence-electron chi connectivity index (χ3n) is 1.56. The third-order valence-corrected chi connectivity index (χ3v) is 2.43. The van der Waals surface area contributed by atoms with Crippen LogP contribution in [0.5, 0.6) is 0 Å². The van der Waals surface area contributed by atoms with Crippen LogP contribution in [0.15, 0.2) is 29.9 Å². The van der Waals surface area contributed by atoms with Crippen molar-refractivity contribution in [3.8, 4) is 10.7 Å². The topological polar surface area (TPSA) is 17.8 Å². The van der Waals surface area contributed by atoms with E-state index in [0.29, 0.717) is 0 Å². The second-order valence-electron chi connectivity index (χ2n) is 2.34. The smallest absolute Gasteiger partial charge is 0.149 e. The summed E-state index contributed by atoms with van der Waals surface area (Å²) in [5.74, 6) is 1.04. The van der Waals surface area contributed by atoms with Crippen LogP contribution in [-0.4, -0.2) is 9.55 Å². The Labute approximate surface area is 69.1 Å². The van der Waals surface area contributed by atoms with Crippen LogP contribution >= 0.6 is 11.3 Å². The molecule has 2 aromatic heterocycles. The van der Waals surface area contributed by atoms with Crippen LogP contribution in [-0.2, 0) is 7.05 Å². The summed E-state index contributed by atoms with van der Waals surface area (Å²) in [7, 11) is 2.00. The first-order valence-electron chi connectivity index (χ1n) is 3.39. The lowest BCUT2D eigenvalue weighted by Crippen LogP contribution is -1.87. The van der Waals surface area contributed by atoms with Gasteiger partial charge in [0.15, 0.2) is 0 Å². The Morgan fingerprint density at radius 1 is 1.55 bits per heavy atom. The lowest BCUT2D eigenvalue weighted by atomic mass is 10.4. The summed E-state index contributed by atoms with van der Waals surface area (Å²) in [5.41, 5.74) is 0. The summed E-state index contributed by atoms with van der Waals surface area (Å²) in [4.78, 5) is 5.45. The van der Waals surface area contributed by atoms with Gasteiger partial charge in [-0.3, -0.25) is 0 Å². The Bertz CT molecular complexity index is 335. The SMILES string of the molecule is Cn1ccnc1-c1cccs1. The van der Waals surface area contributed by atoms with Gasteiger partial charge in [0.05, 0.1) is 4.88 Å². The Kier molecular flexibility index (Phi) is 1.51. The maximum absolute atomic E-state index is 4.23. The molecule has 0 saturated heterocycles. The van der Waals surface area contributed by atoms with Gasteiger partial charge in [-0.05, 0) is 11.4 Å². The molecular formula is C8H8N2S. The first-order chi connectivity index (χ1) is 5.38. The third kappa shape index (κ3) is 1.07.